The molecule has 2 aliphatic carbocycles. The molecule has 2 saturated carbocycles. The third-order valence-electron chi connectivity index (χ3n) is 10.8. The van der Waals surface area contributed by atoms with Gasteiger partial charge < -0.3 is 59.8 Å². The molecule has 0 spiro atoms. The first kappa shape index (κ1) is 34.9. The van der Waals surface area contributed by atoms with Crippen LogP contribution in [0.25, 0.3) is 0 Å². The topological polar surface area (TPSA) is 199 Å². The largest absolute Gasteiger partial charge is 0.396 e. The molecule has 8 N–H and O–H groups in total. The quantitative estimate of drug-likeness (QED) is 0.142. The van der Waals surface area contributed by atoms with Crippen LogP contribution in [0.1, 0.15) is 59.3 Å². The van der Waals surface area contributed by atoms with Crippen molar-refractivity contribution in [2.75, 3.05) is 26.4 Å². The molecule has 0 aromatic rings. The van der Waals surface area contributed by atoms with E-state index in [9.17, 15) is 40.9 Å². The summed E-state index contributed by atoms with van der Waals surface area (Å²) in [7, 11) is 0. The minimum absolute atomic E-state index is 0.0404. The van der Waals surface area contributed by atoms with Gasteiger partial charge in [0, 0.05) is 5.41 Å². The van der Waals surface area contributed by atoms with Gasteiger partial charge in [-0.3, -0.25) is 0 Å². The summed E-state index contributed by atoms with van der Waals surface area (Å²) in [4.78, 5) is 0. The Kier molecular flexibility index (Phi) is 11.5. The van der Waals surface area contributed by atoms with Crippen molar-refractivity contribution in [3.05, 3.63) is 23.8 Å². The zero-order valence-electron chi connectivity index (χ0n) is 25.5. The molecule has 248 valence electrons. The van der Waals surface area contributed by atoms with Crippen molar-refractivity contribution in [1.29, 1.82) is 0 Å². The molecule has 12 heteroatoms. The smallest absolute Gasteiger partial charge is 0.187 e. The molecule has 0 amide bonds. The first-order valence-electron chi connectivity index (χ1n) is 15.5. The molecule has 0 radical (unpaired) electrons. The molecule has 0 aromatic carbocycles. The third kappa shape index (κ3) is 6.91. The van der Waals surface area contributed by atoms with E-state index < -0.39 is 73.4 Å². The van der Waals surface area contributed by atoms with Gasteiger partial charge in [0.2, 0.25) is 0 Å². The Morgan fingerprint density at radius 1 is 0.907 bits per heavy atom. The number of rotatable bonds is 11. The maximum absolute atomic E-state index is 10.7. The van der Waals surface area contributed by atoms with Gasteiger partial charge >= 0.3 is 0 Å². The second kappa shape index (κ2) is 14.2. The van der Waals surface area contributed by atoms with Crippen molar-refractivity contribution in [3.8, 4) is 0 Å². The fourth-order valence-corrected chi connectivity index (χ4v) is 7.88. The maximum atomic E-state index is 10.7. The van der Waals surface area contributed by atoms with Gasteiger partial charge in [0.15, 0.2) is 12.6 Å². The Hall–Kier alpha value is -1.00. The van der Waals surface area contributed by atoms with Crippen LogP contribution in [0.4, 0.5) is 0 Å². The standard InChI is InChI=1S/C31H52O12/c1-16(5-7-18-17(2)6-8-21-30(18,3)11-9-22(34)31(21,4)15-33)10-12-40-28-27(39)25(37)24(36)20(43-28)14-41-29-26(38)23(35)19(13-32)42-29/h10,18-29,32-39H,2,5-9,11-15H2,1,3-4H3/b16-10+/t18-,19-,20+,21+,22?,23-,24+,25-,26+,27+,28+,29+,30+,31-/m0/s1. The highest BCUT2D eigenvalue weighted by molar-refractivity contribution is 5.18. The molecule has 4 fully saturated rings. The van der Waals surface area contributed by atoms with Crippen LogP contribution in [0.3, 0.4) is 0 Å². The van der Waals surface area contributed by atoms with Crippen LogP contribution in [-0.4, -0.2) is 129 Å². The van der Waals surface area contributed by atoms with Crippen molar-refractivity contribution < 1.29 is 59.8 Å². The van der Waals surface area contributed by atoms with Gasteiger partial charge in [0.25, 0.3) is 0 Å². The molecule has 2 saturated heterocycles. The summed E-state index contributed by atoms with van der Waals surface area (Å²) in [6.07, 6.45) is -5.69. The van der Waals surface area contributed by atoms with Crippen molar-refractivity contribution >= 4 is 0 Å². The predicted molar refractivity (Wildman–Crippen MR) is 153 cm³/mol. The number of aliphatic hydroxyl groups is 8. The Balaban J connectivity index is 1.30. The second-order valence-electron chi connectivity index (χ2n) is 13.5. The maximum Gasteiger partial charge on any atom is 0.187 e. The summed E-state index contributed by atoms with van der Waals surface area (Å²) in [5, 5.41) is 81.4. The molecule has 4 rings (SSSR count). The first-order valence-corrected chi connectivity index (χ1v) is 15.5. The third-order valence-corrected chi connectivity index (χ3v) is 10.8. The predicted octanol–water partition coefficient (Wildman–Crippen LogP) is -0.265. The van der Waals surface area contributed by atoms with Gasteiger partial charge in [-0.25, -0.2) is 0 Å². The highest BCUT2D eigenvalue weighted by atomic mass is 16.7. The summed E-state index contributed by atoms with van der Waals surface area (Å²) in [5.74, 6) is 0.455. The normalized spacial score (nSPS) is 47.5. The minimum atomic E-state index is -1.58. The molecule has 4 aliphatic rings. The molecular weight excluding hydrogens is 564 g/mol. The van der Waals surface area contributed by atoms with Crippen LogP contribution in [0.5, 0.6) is 0 Å². The lowest BCUT2D eigenvalue weighted by Gasteiger charge is -2.60. The van der Waals surface area contributed by atoms with Crippen LogP contribution in [0, 0.1) is 22.7 Å². The lowest BCUT2D eigenvalue weighted by atomic mass is 9.46. The molecule has 1 unspecified atom stereocenters. The van der Waals surface area contributed by atoms with E-state index in [-0.39, 0.29) is 37.1 Å². The number of fused-ring (bicyclic) bond motifs is 1. The summed E-state index contributed by atoms with van der Waals surface area (Å²) >= 11 is 0. The van der Waals surface area contributed by atoms with Gasteiger partial charge in [-0.2, -0.15) is 0 Å². The zero-order valence-corrected chi connectivity index (χ0v) is 25.5. The van der Waals surface area contributed by atoms with Gasteiger partial charge in [0.05, 0.1) is 32.5 Å². The molecule has 0 aromatic heterocycles. The Labute approximate surface area is 253 Å². The molecule has 43 heavy (non-hydrogen) atoms. The number of allylic oxidation sites excluding steroid dienone is 2. The van der Waals surface area contributed by atoms with Crippen LogP contribution in [0.2, 0.25) is 0 Å². The van der Waals surface area contributed by atoms with Crippen molar-refractivity contribution in [1.82, 2.24) is 0 Å². The highest BCUT2D eigenvalue weighted by Gasteiger charge is 2.57. The van der Waals surface area contributed by atoms with Crippen molar-refractivity contribution in [2.45, 2.75) is 121 Å². The summed E-state index contributed by atoms with van der Waals surface area (Å²) < 4.78 is 22.1. The lowest BCUT2D eigenvalue weighted by Crippen LogP contribution is -2.59. The summed E-state index contributed by atoms with van der Waals surface area (Å²) in [5.41, 5.74) is 1.69. The van der Waals surface area contributed by atoms with Gasteiger partial charge in [-0.1, -0.05) is 37.6 Å². The number of aliphatic hydroxyl groups excluding tert-OH is 8. The molecule has 14 atom stereocenters. The first-order chi connectivity index (χ1) is 20.3. The average Bonchev–Trinajstić information content (AvgIpc) is 3.26. The molecule has 12 nitrogen and oxygen atoms in total. The van der Waals surface area contributed by atoms with E-state index in [4.69, 9.17) is 18.9 Å². The lowest BCUT2D eigenvalue weighted by molar-refractivity contribution is -0.308. The fourth-order valence-electron chi connectivity index (χ4n) is 7.88. The average molecular weight is 617 g/mol. The van der Waals surface area contributed by atoms with Crippen LogP contribution >= 0.6 is 0 Å². The second-order valence-corrected chi connectivity index (χ2v) is 13.5. The highest BCUT2D eigenvalue weighted by Crippen LogP contribution is 2.61. The number of hydrogen-bond acceptors (Lipinski definition) is 12. The molecule has 0 bridgehead atoms. The number of ether oxygens (including phenoxy) is 4. The van der Waals surface area contributed by atoms with Gasteiger partial charge in [-0.05, 0) is 62.7 Å². The van der Waals surface area contributed by atoms with E-state index in [0.717, 1.165) is 37.7 Å². The minimum Gasteiger partial charge on any atom is -0.396 e. The SMILES string of the molecule is C=C1CC[C@@H]2[C@](C)(CCC(O)[C@@]2(C)CO)[C@H]1CC/C(C)=C/CO[C@@H]1O[C@H](CO[C@@H]2O[C@@H](CO)[C@H](O)[C@H]2O)[C@@H](O)[C@H](O)[C@H]1O. The van der Waals surface area contributed by atoms with E-state index in [0.29, 0.717) is 6.42 Å². The Morgan fingerprint density at radius 3 is 2.19 bits per heavy atom. The fraction of sp³-hybridized carbons (Fsp3) is 0.871. The van der Waals surface area contributed by atoms with Crippen molar-refractivity contribution in [3.63, 3.8) is 0 Å². The molecule has 2 heterocycles. The van der Waals surface area contributed by atoms with Gasteiger partial charge in [-0.15, -0.1) is 0 Å². The van der Waals surface area contributed by atoms with Crippen LogP contribution in [-0.2, 0) is 18.9 Å². The Morgan fingerprint density at radius 2 is 1.53 bits per heavy atom. The Bertz CT molecular complexity index is 976. The summed E-state index contributed by atoms with van der Waals surface area (Å²) in [6.45, 7) is 9.86. The van der Waals surface area contributed by atoms with Gasteiger partial charge in [0.1, 0.15) is 42.7 Å². The zero-order chi connectivity index (χ0) is 31.7. The van der Waals surface area contributed by atoms with Crippen LogP contribution < -0.4 is 0 Å². The van der Waals surface area contributed by atoms with Crippen molar-refractivity contribution in [2.24, 2.45) is 22.7 Å². The van der Waals surface area contributed by atoms with E-state index in [1.807, 2.05) is 19.9 Å². The van der Waals surface area contributed by atoms with Crippen LogP contribution in [0.15, 0.2) is 23.8 Å². The summed E-state index contributed by atoms with van der Waals surface area (Å²) in [6, 6.07) is 0. The molecule has 2 aliphatic heterocycles. The van der Waals surface area contributed by atoms with E-state index >= 15 is 0 Å². The van der Waals surface area contributed by atoms with E-state index in [1.165, 1.54) is 5.57 Å². The molecular formula is C31H52O12. The number of hydrogen-bond donors (Lipinski definition) is 8. The van der Waals surface area contributed by atoms with E-state index in [1.54, 1.807) is 0 Å². The monoisotopic (exact) mass is 616 g/mol. The van der Waals surface area contributed by atoms with E-state index in [2.05, 4.69) is 13.5 Å².